The van der Waals surface area contributed by atoms with Crippen LogP contribution >= 0.6 is 23.2 Å². The van der Waals surface area contributed by atoms with Gasteiger partial charge in [-0.1, -0.05) is 35.9 Å². The summed E-state index contributed by atoms with van der Waals surface area (Å²) in [4.78, 5) is 12.4. The number of amides is 1. The quantitative estimate of drug-likeness (QED) is 0.350. The molecule has 0 fully saturated rings. The smallest absolute Gasteiger partial charge is 0.266 e. The van der Waals surface area contributed by atoms with Crippen LogP contribution in [-0.4, -0.2) is 19.1 Å². The summed E-state index contributed by atoms with van der Waals surface area (Å²) in [5.74, 6) is 0.461. The summed E-state index contributed by atoms with van der Waals surface area (Å²) in [6, 6.07) is 11.9. The highest BCUT2D eigenvalue weighted by Gasteiger charge is 2.13. The molecule has 144 valence electrons. The highest BCUT2D eigenvalue weighted by atomic mass is 35.5. The predicted molar refractivity (Wildman–Crippen MR) is 112 cm³/mol. The van der Waals surface area contributed by atoms with Gasteiger partial charge in [0.05, 0.1) is 16.7 Å². The van der Waals surface area contributed by atoms with Crippen LogP contribution in [0, 0.1) is 11.3 Å². The standard InChI is InChI=1S/C21H18Cl2N2O3/c1-3-9-28-20-18(22)11-14(12-19(20)23)10-15(13-24)21(26)25-16-5-7-17(8-6-16)27-4-2/h3,5-8,10-12H,1,4,9H2,2H3,(H,25,26)/b15-10-. The largest absolute Gasteiger partial charge is 0.494 e. The van der Waals surface area contributed by atoms with Crippen molar-refractivity contribution in [2.75, 3.05) is 18.5 Å². The van der Waals surface area contributed by atoms with Crippen molar-refractivity contribution in [1.82, 2.24) is 0 Å². The first-order valence-electron chi connectivity index (χ1n) is 8.37. The van der Waals surface area contributed by atoms with Crippen molar-refractivity contribution >= 4 is 40.9 Å². The number of nitrogens with one attached hydrogen (secondary N) is 1. The van der Waals surface area contributed by atoms with E-state index in [0.29, 0.717) is 29.4 Å². The fourth-order valence-corrected chi connectivity index (χ4v) is 2.87. The molecule has 0 bridgehead atoms. The van der Waals surface area contributed by atoms with Gasteiger partial charge in [0.2, 0.25) is 0 Å². The lowest BCUT2D eigenvalue weighted by atomic mass is 10.1. The molecule has 0 radical (unpaired) electrons. The molecule has 0 aromatic heterocycles. The van der Waals surface area contributed by atoms with Gasteiger partial charge in [0.25, 0.3) is 5.91 Å². The van der Waals surface area contributed by atoms with E-state index in [0.717, 1.165) is 0 Å². The maximum Gasteiger partial charge on any atom is 0.266 e. The second-order valence-electron chi connectivity index (χ2n) is 5.49. The fourth-order valence-electron chi connectivity index (χ4n) is 2.26. The van der Waals surface area contributed by atoms with Gasteiger partial charge >= 0.3 is 0 Å². The van der Waals surface area contributed by atoms with Crippen molar-refractivity contribution in [1.29, 1.82) is 5.26 Å². The molecule has 2 aromatic rings. The predicted octanol–water partition coefficient (Wildman–Crippen LogP) is 5.50. The van der Waals surface area contributed by atoms with Crippen molar-refractivity contribution < 1.29 is 14.3 Å². The number of anilines is 1. The van der Waals surface area contributed by atoms with E-state index in [1.807, 2.05) is 13.0 Å². The third kappa shape index (κ3) is 5.78. The van der Waals surface area contributed by atoms with Gasteiger partial charge < -0.3 is 14.8 Å². The normalized spacial score (nSPS) is 10.7. The Kier molecular flexibility index (Phi) is 7.94. The zero-order valence-corrected chi connectivity index (χ0v) is 16.7. The van der Waals surface area contributed by atoms with Crippen molar-refractivity contribution in [2.45, 2.75) is 6.92 Å². The van der Waals surface area contributed by atoms with E-state index < -0.39 is 5.91 Å². The summed E-state index contributed by atoms with van der Waals surface area (Å²) < 4.78 is 10.8. The van der Waals surface area contributed by atoms with Crippen molar-refractivity contribution in [2.24, 2.45) is 0 Å². The maximum absolute atomic E-state index is 12.4. The number of nitriles is 1. The van der Waals surface area contributed by atoms with Gasteiger partial charge in [-0.25, -0.2) is 0 Å². The number of rotatable bonds is 8. The number of ether oxygens (including phenoxy) is 2. The van der Waals surface area contributed by atoms with Crippen LogP contribution in [0.15, 0.2) is 54.6 Å². The molecule has 0 saturated heterocycles. The Morgan fingerprint density at radius 1 is 1.21 bits per heavy atom. The van der Waals surface area contributed by atoms with E-state index in [9.17, 15) is 10.1 Å². The SMILES string of the molecule is C=CCOc1c(Cl)cc(/C=C(/C#N)C(=O)Nc2ccc(OCC)cc2)cc1Cl. The first kappa shape index (κ1) is 21.4. The first-order valence-corrected chi connectivity index (χ1v) is 9.12. The summed E-state index contributed by atoms with van der Waals surface area (Å²) >= 11 is 12.4. The molecule has 0 aliphatic heterocycles. The molecule has 2 aromatic carbocycles. The summed E-state index contributed by atoms with van der Waals surface area (Å²) in [6.07, 6.45) is 2.97. The molecule has 0 heterocycles. The average molecular weight is 417 g/mol. The maximum atomic E-state index is 12.4. The Balaban J connectivity index is 2.19. The van der Waals surface area contributed by atoms with Crippen LogP contribution in [0.3, 0.4) is 0 Å². The van der Waals surface area contributed by atoms with E-state index >= 15 is 0 Å². The highest BCUT2D eigenvalue weighted by molar-refractivity contribution is 6.37. The summed E-state index contributed by atoms with van der Waals surface area (Å²) in [5.41, 5.74) is 0.943. The molecule has 5 nitrogen and oxygen atoms in total. The third-order valence-corrected chi connectivity index (χ3v) is 4.03. The molecule has 0 saturated carbocycles. The Morgan fingerprint density at radius 3 is 2.39 bits per heavy atom. The highest BCUT2D eigenvalue weighted by Crippen LogP contribution is 2.35. The van der Waals surface area contributed by atoms with Gasteiger partial charge in [-0.2, -0.15) is 5.26 Å². The molecule has 7 heteroatoms. The zero-order chi connectivity index (χ0) is 20.5. The molecule has 0 unspecified atom stereocenters. The van der Waals surface area contributed by atoms with Gasteiger partial charge in [0.15, 0.2) is 5.75 Å². The number of benzene rings is 2. The lowest BCUT2D eigenvalue weighted by Gasteiger charge is -2.09. The monoisotopic (exact) mass is 416 g/mol. The van der Waals surface area contributed by atoms with Crippen LogP contribution < -0.4 is 14.8 Å². The molecule has 0 spiro atoms. The second-order valence-corrected chi connectivity index (χ2v) is 6.31. The van der Waals surface area contributed by atoms with E-state index in [2.05, 4.69) is 11.9 Å². The molecule has 0 aliphatic rings. The van der Waals surface area contributed by atoms with E-state index in [-0.39, 0.29) is 22.2 Å². The van der Waals surface area contributed by atoms with Crippen LogP contribution in [0.1, 0.15) is 12.5 Å². The number of carbonyl (C=O) groups is 1. The lowest BCUT2D eigenvalue weighted by Crippen LogP contribution is -2.13. The minimum Gasteiger partial charge on any atom is -0.494 e. The van der Waals surface area contributed by atoms with Crippen LogP contribution in [-0.2, 0) is 4.79 Å². The van der Waals surface area contributed by atoms with E-state index in [1.54, 1.807) is 42.5 Å². The molecule has 1 N–H and O–H groups in total. The Hall–Kier alpha value is -2.94. The van der Waals surface area contributed by atoms with Gasteiger partial charge in [-0.3, -0.25) is 4.79 Å². The van der Waals surface area contributed by atoms with Crippen molar-refractivity contribution in [3.05, 3.63) is 70.2 Å². The van der Waals surface area contributed by atoms with E-state index in [4.69, 9.17) is 32.7 Å². The zero-order valence-electron chi connectivity index (χ0n) is 15.2. The minimum atomic E-state index is -0.550. The number of halogens is 2. The molecule has 0 aliphatic carbocycles. The van der Waals surface area contributed by atoms with Crippen molar-refractivity contribution in [3.63, 3.8) is 0 Å². The van der Waals surface area contributed by atoms with Crippen molar-refractivity contribution in [3.8, 4) is 17.6 Å². The first-order chi connectivity index (χ1) is 13.5. The third-order valence-electron chi connectivity index (χ3n) is 3.47. The van der Waals surface area contributed by atoms with E-state index in [1.165, 1.54) is 6.08 Å². The van der Waals surface area contributed by atoms with Gasteiger partial charge in [-0.05, 0) is 55.0 Å². The Morgan fingerprint density at radius 2 is 1.86 bits per heavy atom. The molecular formula is C21H18Cl2N2O3. The number of carbonyl (C=O) groups excluding carboxylic acids is 1. The fraction of sp³-hybridized carbons (Fsp3) is 0.143. The summed E-state index contributed by atoms with van der Waals surface area (Å²) in [6.45, 7) is 6.25. The Bertz CT molecular complexity index is 909. The number of hydrogen-bond acceptors (Lipinski definition) is 4. The Labute approximate surface area is 173 Å². The summed E-state index contributed by atoms with van der Waals surface area (Å²) in [7, 11) is 0. The topological polar surface area (TPSA) is 71.3 Å². The van der Waals surface area contributed by atoms with Crippen LogP contribution in [0.5, 0.6) is 11.5 Å². The second kappa shape index (κ2) is 10.4. The lowest BCUT2D eigenvalue weighted by molar-refractivity contribution is -0.112. The molecular weight excluding hydrogens is 399 g/mol. The molecule has 0 atom stereocenters. The van der Waals surface area contributed by atoms with Gasteiger partial charge in [0.1, 0.15) is 24.0 Å². The molecule has 2 rings (SSSR count). The van der Waals surface area contributed by atoms with Gasteiger partial charge in [-0.15, -0.1) is 0 Å². The molecule has 28 heavy (non-hydrogen) atoms. The average Bonchev–Trinajstić information content (AvgIpc) is 2.67. The van der Waals surface area contributed by atoms with Gasteiger partial charge in [0, 0.05) is 5.69 Å². The minimum absolute atomic E-state index is 0.0965. The molecule has 1 amide bonds. The number of nitrogens with zero attached hydrogens (tertiary/aromatic N) is 1. The number of hydrogen-bond donors (Lipinski definition) is 1. The summed E-state index contributed by atoms with van der Waals surface area (Å²) in [5, 5.41) is 12.6. The van der Waals surface area contributed by atoms with Crippen LogP contribution in [0.4, 0.5) is 5.69 Å². The van der Waals surface area contributed by atoms with Crippen LogP contribution in [0.2, 0.25) is 10.0 Å². The van der Waals surface area contributed by atoms with Crippen LogP contribution in [0.25, 0.3) is 6.08 Å².